The number of primary amides is 1. The van der Waals surface area contributed by atoms with Crippen molar-refractivity contribution in [1.29, 1.82) is 0 Å². The van der Waals surface area contributed by atoms with E-state index in [1.807, 2.05) is 6.07 Å². The summed E-state index contributed by atoms with van der Waals surface area (Å²) in [5, 5.41) is 2.67. The van der Waals surface area contributed by atoms with Crippen LogP contribution >= 0.6 is 0 Å². The molecule has 0 radical (unpaired) electrons. The van der Waals surface area contributed by atoms with Crippen molar-refractivity contribution in [3.63, 3.8) is 0 Å². The van der Waals surface area contributed by atoms with Crippen LogP contribution in [0.1, 0.15) is 22.3 Å². The first-order valence-electron chi connectivity index (χ1n) is 4.40. The molecule has 14 heavy (non-hydrogen) atoms. The normalized spacial score (nSPS) is 14.4. The number of carbonyl (C=O) groups is 2. The minimum absolute atomic E-state index is 0.0637. The lowest BCUT2D eigenvalue weighted by Gasteiger charge is -2.18. The van der Waals surface area contributed by atoms with Crippen LogP contribution in [0.2, 0.25) is 0 Å². The maximum atomic E-state index is 11.1. The van der Waals surface area contributed by atoms with Crippen molar-refractivity contribution in [3.8, 4) is 0 Å². The fraction of sp³-hybridized carbons (Fsp3) is 0.200. The molecule has 0 saturated heterocycles. The summed E-state index contributed by atoms with van der Waals surface area (Å²) in [6.07, 6.45) is 1.14. The molecule has 1 aliphatic rings. The highest BCUT2D eigenvalue weighted by Crippen LogP contribution is 2.25. The summed E-state index contributed by atoms with van der Waals surface area (Å²) in [5.41, 5.74) is 7.13. The number of benzene rings is 1. The van der Waals surface area contributed by atoms with E-state index in [2.05, 4.69) is 5.32 Å². The summed E-state index contributed by atoms with van der Waals surface area (Å²) in [7, 11) is 0. The van der Waals surface area contributed by atoms with E-state index in [1.165, 1.54) is 0 Å². The van der Waals surface area contributed by atoms with E-state index >= 15 is 0 Å². The first kappa shape index (κ1) is 8.74. The number of aryl methyl sites for hydroxylation is 1. The van der Waals surface area contributed by atoms with Gasteiger partial charge in [-0.2, -0.15) is 0 Å². The largest absolute Gasteiger partial charge is 0.366 e. The molecule has 0 fully saturated rings. The highest BCUT2D eigenvalue weighted by Gasteiger charge is 2.19. The number of carbonyl (C=O) groups excluding carboxylic acids is 2. The Morgan fingerprint density at radius 1 is 1.36 bits per heavy atom. The van der Waals surface area contributed by atoms with Gasteiger partial charge in [-0.05, 0) is 18.1 Å². The summed E-state index contributed by atoms with van der Waals surface area (Å²) in [4.78, 5) is 22.2. The average Bonchev–Trinajstić information content (AvgIpc) is 2.16. The Morgan fingerprint density at radius 2 is 2.14 bits per heavy atom. The Balaban J connectivity index is 2.54. The molecule has 1 heterocycles. The van der Waals surface area contributed by atoms with Crippen LogP contribution in [0.25, 0.3) is 0 Å². The molecule has 2 rings (SSSR count). The Labute approximate surface area is 81.1 Å². The summed E-state index contributed by atoms with van der Waals surface area (Å²) in [6, 6.07) is 5.28. The number of rotatable bonds is 1. The van der Waals surface area contributed by atoms with Gasteiger partial charge in [0.25, 0.3) is 5.91 Å². The number of hydrogen-bond acceptors (Lipinski definition) is 2. The van der Waals surface area contributed by atoms with E-state index in [4.69, 9.17) is 5.73 Å². The van der Waals surface area contributed by atoms with Crippen molar-refractivity contribution in [2.45, 2.75) is 12.8 Å². The molecule has 0 aromatic heterocycles. The molecule has 0 aliphatic carbocycles. The van der Waals surface area contributed by atoms with Crippen molar-refractivity contribution in [2.75, 3.05) is 5.32 Å². The predicted octanol–water partition coefficient (Wildman–Crippen LogP) is 0.670. The van der Waals surface area contributed by atoms with E-state index in [-0.39, 0.29) is 5.91 Å². The maximum Gasteiger partial charge on any atom is 0.250 e. The smallest absolute Gasteiger partial charge is 0.250 e. The molecule has 1 aliphatic heterocycles. The summed E-state index contributed by atoms with van der Waals surface area (Å²) >= 11 is 0. The molecule has 1 aromatic carbocycles. The molecule has 4 nitrogen and oxygen atoms in total. The molecule has 0 saturated carbocycles. The summed E-state index contributed by atoms with van der Waals surface area (Å²) < 4.78 is 0. The average molecular weight is 190 g/mol. The molecular weight excluding hydrogens is 180 g/mol. The maximum absolute atomic E-state index is 11.1. The predicted molar refractivity (Wildman–Crippen MR) is 51.9 cm³/mol. The van der Waals surface area contributed by atoms with Crippen LogP contribution in [0, 0.1) is 0 Å². The number of amides is 2. The Hall–Kier alpha value is -1.84. The molecule has 0 unspecified atom stereocenters. The SMILES string of the molecule is NC(=O)c1cccc2c1NC(=O)CC2. The zero-order valence-electron chi connectivity index (χ0n) is 7.54. The second kappa shape index (κ2) is 3.14. The van der Waals surface area contributed by atoms with Crippen LogP contribution in [0.4, 0.5) is 5.69 Å². The first-order valence-corrected chi connectivity index (χ1v) is 4.40. The molecule has 72 valence electrons. The lowest BCUT2D eigenvalue weighted by Crippen LogP contribution is -2.23. The number of nitrogens with two attached hydrogens (primary N) is 1. The van der Waals surface area contributed by atoms with E-state index in [1.54, 1.807) is 12.1 Å². The van der Waals surface area contributed by atoms with Crippen LogP contribution in [0.3, 0.4) is 0 Å². The third-order valence-electron chi connectivity index (χ3n) is 2.30. The summed E-state index contributed by atoms with van der Waals surface area (Å²) in [5.74, 6) is -0.574. The van der Waals surface area contributed by atoms with Crippen LogP contribution in [-0.2, 0) is 11.2 Å². The minimum atomic E-state index is -0.510. The Bertz CT molecular complexity index is 413. The monoisotopic (exact) mass is 190 g/mol. The van der Waals surface area contributed by atoms with Gasteiger partial charge in [0.15, 0.2) is 0 Å². The molecule has 4 heteroatoms. The summed E-state index contributed by atoms with van der Waals surface area (Å²) in [6.45, 7) is 0. The third kappa shape index (κ3) is 1.35. The molecule has 3 N–H and O–H groups in total. The van der Waals surface area contributed by atoms with Crippen molar-refractivity contribution in [2.24, 2.45) is 5.73 Å². The Morgan fingerprint density at radius 3 is 2.86 bits per heavy atom. The topological polar surface area (TPSA) is 72.2 Å². The van der Waals surface area contributed by atoms with E-state index in [0.29, 0.717) is 24.1 Å². The molecular formula is C10H10N2O2. The number of hydrogen-bond donors (Lipinski definition) is 2. The third-order valence-corrected chi connectivity index (χ3v) is 2.30. The number of para-hydroxylation sites is 1. The lowest BCUT2D eigenvalue weighted by molar-refractivity contribution is -0.116. The van der Waals surface area contributed by atoms with Gasteiger partial charge in [-0.1, -0.05) is 12.1 Å². The van der Waals surface area contributed by atoms with Crippen LogP contribution in [0.5, 0.6) is 0 Å². The van der Waals surface area contributed by atoms with Gasteiger partial charge in [0.1, 0.15) is 0 Å². The standard InChI is InChI=1S/C10H10N2O2/c11-10(14)7-3-1-2-6-4-5-8(13)12-9(6)7/h1-3H,4-5H2,(H2,11,14)(H,12,13). The van der Waals surface area contributed by atoms with Gasteiger partial charge in [-0.15, -0.1) is 0 Å². The first-order chi connectivity index (χ1) is 6.68. The molecule has 0 atom stereocenters. The van der Waals surface area contributed by atoms with Gasteiger partial charge in [0.2, 0.25) is 5.91 Å². The van der Waals surface area contributed by atoms with Gasteiger partial charge in [0, 0.05) is 6.42 Å². The molecule has 0 spiro atoms. The van der Waals surface area contributed by atoms with Gasteiger partial charge < -0.3 is 11.1 Å². The lowest BCUT2D eigenvalue weighted by atomic mass is 9.99. The second-order valence-corrected chi connectivity index (χ2v) is 3.25. The number of fused-ring (bicyclic) bond motifs is 1. The quantitative estimate of drug-likeness (QED) is 0.683. The van der Waals surface area contributed by atoms with Crippen molar-refractivity contribution < 1.29 is 9.59 Å². The van der Waals surface area contributed by atoms with Crippen LogP contribution in [0.15, 0.2) is 18.2 Å². The number of anilines is 1. The van der Waals surface area contributed by atoms with Gasteiger partial charge in [-0.3, -0.25) is 9.59 Å². The highest BCUT2D eigenvalue weighted by molar-refractivity contribution is 6.05. The molecule has 0 bridgehead atoms. The van der Waals surface area contributed by atoms with Gasteiger partial charge >= 0.3 is 0 Å². The fourth-order valence-electron chi connectivity index (χ4n) is 1.61. The highest BCUT2D eigenvalue weighted by atomic mass is 16.2. The van der Waals surface area contributed by atoms with E-state index in [9.17, 15) is 9.59 Å². The zero-order chi connectivity index (χ0) is 10.1. The van der Waals surface area contributed by atoms with E-state index < -0.39 is 5.91 Å². The Kier molecular flexibility index (Phi) is 1.96. The minimum Gasteiger partial charge on any atom is -0.366 e. The fourth-order valence-corrected chi connectivity index (χ4v) is 1.61. The zero-order valence-corrected chi connectivity index (χ0v) is 7.54. The van der Waals surface area contributed by atoms with Crippen LogP contribution < -0.4 is 11.1 Å². The number of nitrogens with one attached hydrogen (secondary N) is 1. The molecule has 1 aromatic rings. The van der Waals surface area contributed by atoms with Crippen LogP contribution in [-0.4, -0.2) is 11.8 Å². The van der Waals surface area contributed by atoms with Gasteiger partial charge in [-0.25, -0.2) is 0 Å². The van der Waals surface area contributed by atoms with Crippen molar-refractivity contribution in [1.82, 2.24) is 0 Å². The second-order valence-electron chi connectivity index (χ2n) is 3.25. The molecule has 2 amide bonds. The van der Waals surface area contributed by atoms with E-state index in [0.717, 1.165) is 5.56 Å². The van der Waals surface area contributed by atoms with Crippen molar-refractivity contribution >= 4 is 17.5 Å². The van der Waals surface area contributed by atoms with Gasteiger partial charge in [0.05, 0.1) is 11.3 Å². The van der Waals surface area contributed by atoms with Crippen molar-refractivity contribution in [3.05, 3.63) is 29.3 Å².